The zero-order valence-electron chi connectivity index (χ0n) is 4.85. The van der Waals surface area contributed by atoms with E-state index in [2.05, 4.69) is 61.2 Å². The number of hydrogen-bond acceptors (Lipinski definition) is 4. The van der Waals surface area contributed by atoms with E-state index in [4.69, 9.17) is 0 Å². The van der Waals surface area contributed by atoms with E-state index in [0.29, 0.717) is 0 Å². The van der Waals surface area contributed by atoms with E-state index in [1.54, 1.807) is 0 Å². The third kappa shape index (κ3) is 353. The van der Waals surface area contributed by atoms with Crippen LogP contribution >= 0.6 is 24.4 Å². The second kappa shape index (κ2) is 16.8. The molecule has 0 bridgehead atoms. The van der Waals surface area contributed by atoms with Crippen LogP contribution in [0, 0.1) is 0 Å². The first-order chi connectivity index (χ1) is 3.46. The molecule has 0 amide bonds. The average Bonchev–Trinajstić information content (AvgIpc) is 1.25. The summed E-state index contributed by atoms with van der Waals surface area (Å²) in [5.74, 6) is 0. The molecule has 0 saturated heterocycles. The first-order valence-corrected chi connectivity index (χ1v) is 3.03. The minimum Gasteiger partial charge on any atom is -0.415 e. The summed E-state index contributed by atoms with van der Waals surface area (Å²) >= 11 is 16.5. The van der Waals surface area contributed by atoms with Gasteiger partial charge in [0.2, 0.25) is 0 Å². The van der Waals surface area contributed by atoms with Gasteiger partial charge in [-0.2, -0.15) is 0 Å². The predicted octanol–water partition coefficient (Wildman–Crippen LogP) is -0.451. The molecule has 0 aliphatic rings. The smallest absolute Gasteiger partial charge is 0.415 e. The number of hydrogen-bond donors (Lipinski definition) is 2. The molecule has 0 saturated carbocycles. The molecule has 0 unspecified atom stereocenters. The fraction of sp³-hybridized carbons (Fsp3) is 0. The maximum atomic E-state index is 4.66. The molecule has 0 rings (SSSR count). The maximum absolute atomic E-state index is 4.66. The van der Waals surface area contributed by atoms with Crippen LogP contribution in [0.4, 0.5) is 0 Å². The zero-order chi connectivity index (χ0) is 7.15. The summed E-state index contributed by atoms with van der Waals surface area (Å²) in [6.07, 6.45) is 0. The summed E-state index contributed by atoms with van der Waals surface area (Å²) < 4.78 is 0.167. The van der Waals surface area contributed by atoms with E-state index < -0.39 is 0 Å². The largest absolute Gasteiger partial charge is 2.00 e. The fourth-order valence-electron chi connectivity index (χ4n) is 0. The Morgan fingerprint density at radius 3 is 1.00 bits per heavy atom. The first-order valence-electron chi connectivity index (χ1n) is 1.39. The Morgan fingerprint density at radius 2 is 1.00 bits per heavy atom. The van der Waals surface area contributed by atoms with Crippen molar-refractivity contribution in [3.05, 3.63) is 0 Å². The molecule has 8 heteroatoms. The maximum Gasteiger partial charge on any atom is 2.00 e. The van der Waals surface area contributed by atoms with E-state index in [-0.39, 0.29) is 45.2 Å². The minimum absolute atomic E-state index is 0. The molecular weight excluding hydrogens is 302 g/mol. The Hall–Kier alpha value is 1.36. The molecule has 0 aromatic rings. The summed E-state index contributed by atoms with van der Waals surface area (Å²) in [5, 5.41) is 0. The minimum atomic E-state index is 0. The molecule has 0 aliphatic heterocycles. The number of nitrogens with two attached hydrogens (primary N) is 2. The molecule has 0 radical (unpaired) electrons. The van der Waals surface area contributed by atoms with Gasteiger partial charge in [0.25, 0.3) is 0 Å². The Morgan fingerprint density at radius 1 is 1.00 bits per heavy atom. The molecular formula is C2H4FeN2S4Zn. The van der Waals surface area contributed by atoms with Crippen LogP contribution in [-0.4, -0.2) is 8.64 Å². The first kappa shape index (κ1) is 22.5. The average molecular weight is 306 g/mol. The van der Waals surface area contributed by atoms with Crippen LogP contribution in [-0.2, 0) is 61.8 Å². The monoisotopic (exact) mass is 304 g/mol. The zero-order valence-corrected chi connectivity index (χ0v) is 12.2. The van der Waals surface area contributed by atoms with Crippen molar-refractivity contribution < 1.29 is 36.5 Å². The summed E-state index contributed by atoms with van der Waals surface area (Å²) in [4.78, 5) is 0. The van der Waals surface area contributed by atoms with Gasteiger partial charge in [-0.15, -0.1) is 0 Å². The Kier molecular flexibility index (Phi) is 37.7. The van der Waals surface area contributed by atoms with E-state index >= 15 is 0 Å². The van der Waals surface area contributed by atoms with Crippen molar-refractivity contribution in [2.45, 2.75) is 0 Å². The SMILES string of the molecule is NC(=S)[S-].NC(=S)[S-].[Fe].[Zn+2]. The Labute approximate surface area is 105 Å². The van der Waals surface area contributed by atoms with Gasteiger partial charge < -0.3 is 61.2 Å². The molecule has 0 aliphatic carbocycles. The van der Waals surface area contributed by atoms with E-state index in [9.17, 15) is 0 Å². The van der Waals surface area contributed by atoms with Gasteiger partial charge in [0, 0.05) is 17.1 Å². The Bertz CT molecular complexity index is 79.3. The second-order valence-corrected chi connectivity index (χ2v) is 2.91. The van der Waals surface area contributed by atoms with Gasteiger partial charge in [0.05, 0.1) is 0 Å². The topological polar surface area (TPSA) is 52.0 Å². The van der Waals surface area contributed by atoms with Crippen molar-refractivity contribution in [2.75, 3.05) is 0 Å². The third-order valence-electron chi connectivity index (χ3n) is 0. The summed E-state index contributed by atoms with van der Waals surface area (Å²) in [6.45, 7) is 0. The van der Waals surface area contributed by atoms with Crippen molar-refractivity contribution in [3.63, 3.8) is 0 Å². The summed E-state index contributed by atoms with van der Waals surface area (Å²) in [5.41, 5.74) is 9.31. The molecule has 0 aromatic heterocycles. The van der Waals surface area contributed by atoms with Gasteiger partial charge in [-0.05, 0) is 0 Å². The molecule has 0 heterocycles. The van der Waals surface area contributed by atoms with Crippen molar-refractivity contribution >= 4 is 58.3 Å². The van der Waals surface area contributed by atoms with Crippen LogP contribution < -0.4 is 11.5 Å². The molecule has 0 fully saturated rings. The summed E-state index contributed by atoms with van der Waals surface area (Å²) in [6, 6.07) is 0. The van der Waals surface area contributed by atoms with Gasteiger partial charge >= 0.3 is 19.5 Å². The standard InChI is InChI=1S/2CH3NS2.Fe.Zn/c2*2-1(3)4;;/h2*(H3,2,3,4);;/q;;;+2/p-2. The van der Waals surface area contributed by atoms with E-state index in [1.807, 2.05) is 0 Å². The van der Waals surface area contributed by atoms with Crippen LogP contribution in [0.1, 0.15) is 0 Å². The van der Waals surface area contributed by atoms with E-state index in [0.717, 1.165) is 0 Å². The predicted molar refractivity (Wildman–Crippen MR) is 48.3 cm³/mol. The van der Waals surface area contributed by atoms with Crippen molar-refractivity contribution in [1.29, 1.82) is 0 Å². The second-order valence-electron chi connectivity index (χ2n) is 0.638. The molecule has 0 aromatic carbocycles. The van der Waals surface area contributed by atoms with Crippen LogP contribution in [0.3, 0.4) is 0 Å². The van der Waals surface area contributed by atoms with Crippen LogP contribution in [0.2, 0.25) is 0 Å². The van der Waals surface area contributed by atoms with Crippen molar-refractivity contribution in [1.82, 2.24) is 0 Å². The quantitative estimate of drug-likeness (QED) is 0.359. The van der Waals surface area contributed by atoms with Gasteiger partial charge in [0.15, 0.2) is 0 Å². The molecule has 2 nitrogen and oxygen atoms in total. The molecule has 56 valence electrons. The number of thiocarbonyl (C=S) groups is 2. The van der Waals surface area contributed by atoms with Gasteiger partial charge in [-0.1, -0.05) is 8.64 Å². The molecule has 0 spiro atoms. The van der Waals surface area contributed by atoms with Gasteiger partial charge in [0.1, 0.15) is 0 Å². The number of rotatable bonds is 0. The van der Waals surface area contributed by atoms with Crippen molar-refractivity contribution in [2.24, 2.45) is 11.5 Å². The molecule has 10 heavy (non-hydrogen) atoms. The van der Waals surface area contributed by atoms with E-state index in [1.165, 1.54) is 0 Å². The van der Waals surface area contributed by atoms with Gasteiger partial charge in [-0.3, -0.25) is 0 Å². The van der Waals surface area contributed by atoms with Crippen LogP contribution in [0.25, 0.3) is 0 Å². The normalized spacial score (nSPS) is 4.80. The van der Waals surface area contributed by atoms with Gasteiger partial charge in [-0.25, -0.2) is 0 Å². The Balaban J connectivity index is -0.0000000300. The van der Waals surface area contributed by atoms with Crippen LogP contribution in [0.15, 0.2) is 0 Å². The molecule has 4 N–H and O–H groups in total. The molecule has 0 atom stereocenters. The van der Waals surface area contributed by atoms with Crippen LogP contribution in [0.5, 0.6) is 0 Å². The fourth-order valence-corrected chi connectivity index (χ4v) is 0. The summed E-state index contributed by atoms with van der Waals surface area (Å²) in [7, 11) is 0. The van der Waals surface area contributed by atoms with Crippen molar-refractivity contribution in [3.8, 4) is 0 Å². The third-order valence-corrected chi connectivity index (χ3v) is 0.